The molecule has 0 saturated carbocycles. The van der Waals surface area contributed by atoms with Crippen molar-refractivity contribution >= 4 is 33.3 Å². The molecule has 1 unspecified atom stereocenters. The molecule has 2 aliphatic heterocycles. The van der Waals surface area contributed by atoms with Gasteiger partial charge in [0, 0.05) is 54.7 Å². The minimum atomic E-state index is -2.56. The predicted octanol–water partition coefficient (Wildman–Crippen LogP) is 3.59. The third kappa shape index (κ3) is 4.91. The highest BCUT2D eigenvalue weighted by Gasteiger charge is 2.30. The van der Waals surface area contributed by atoms with Gasteiger partial charge in [0.25, 0.3) is 11.8 Å². The van der Waals surface area contributed by atoms with Crippen molar-refractivity contribution in [3.8, 4) is 0 Å². The molecular weight excluding hydrogens is 440 g/mol. The number of carbonyl (C=O) groups excluding carboxylic acids is 2. The van der Waals surface area contributed by atoms with Crippen molar-refractivity contribution < 1.29 is 18.7 Å². The molecular formula is C24H36N4O4S. The molecule has 2 saturated heterocycles. The third-order valence-corrected chi connectivity index (χ3v) is 8.57. The van der Waals surface area contributed by atoms with Crippen LogP contribution >= 0.6 is 10.6 Å². The molecule has 1 atom stereocenters. The molecule has 0 radical (unpaired) electrons. The first-order chi connectivity index (χ1) is 15.6. The topological polar surface area (TPSA) is 89.2 Å². The highest BCUT2D eigenvalue weighted by Crippen LogP contribution is 2.40. The van der Waals surface area contributed by atoms with E-state index in [0.29, 0.717) is 30.4 Å². The van der Waals surface area contributed by atoms with Crippen molar-refractivity contribution in [1.82, 2.24) is 19.3 Å². The van der Waals surface area contributed by atoms with Crippen LogP contribution in [0.5, 0.6) is 0 Å². The molecule has 8 nitrogen and oxygen atoms in total. The molecule has 3 heterocycles. The van der Waals surface area contributed by atoms with E-state index in [1.165, 1.54) is 0 Å². The number of benzene rings is 1. The van der Waals surface area contributed by atoms with E-state index in [0.717, 1.165) is 36.8 Å². The smallest absolute Gasteiger partial charge is 0.270 e. The lowest BCUT2D eigenvalue weighted by Crippen LogP contribution is -2.47. The largest absolute Gasteiger partial charge is 0.337 e. The van der Waals surface area contributed by atoms with Crippen LogP contribution in [0.1, 0.15) is 53.6 Å². The van der Waals surface area contributed by atoms with Gasteiger partial charge < -0.3 is 19.3 Å². The lowest BCUT2D eigenvalue weighted by molar-refractivity contribution is 0.0635. The van der Waals surface area contributed by atoms with E-state index in [2.05, 4.69) is 19.0 Å². The number of nitrogens with zero attached hydrogens (tertiary/aromatic N) is 4. The molecule has 1 aromatic carbocycles. The van der Waals surface area contributed by atoms with Crippen LogP contribution in [0.4, 0.5) is 0 Å². The first kappa shape index (κ1) is 24.1. The van der Waals surface area contributed by atoms with Crippen LogP contribution in [0, 0.1) is 0 Å². The number of likely N-dealkylation sites (tertiary alicyclic amines) is 1. The molecule has 0 bridgehead atoms. The number of rotatable bonds is 4. The van der Waals surface area contributed by atoms with Crippen LogP contribution in [-0.4, -0.2) is 98.0 Å². The molecule has 2 N–H and O–H groups in total. The zero-order chi connectivity index (χ0) is 23.9. The Labute approximate surface area is 197 Å². The van der Waals surface area contributed by atoms with Gasteiger partial charge in [0.2, 0.25) is 0 Å². The Morgan fingerprint density at radius 1 is 1.03 bits per heavy atom. The average molecular weight is 477 g/mol. The van der Waals surface area contributed by atoms with Crippen LogP contribution in [0.2, 0.25) is 0 Å². The van der Waals surface area contributed by atoms with E-state index in [1.807, 2.05) is 47.6 Å². The second kappa shape index (κ2) is 9.29. The first-order valence-corrected chi connectivity index (χ1v) is 13.6. The maximum Gasteiger partial charge on any atom is 0.270 e. The van der Waals surface area contributed by atoms with Crippen LogP contribution < -0.4 is 0 Å². The van der Waals surface area contributed by atoms with Crippen molar-refractivity contribution in [2.75, 3.05) is 51.8 Å². The fourth-order valence-corrected chi connectivity index (χ4v) is 6.15. The standard InChI is InChI=1S/C24H36N4O4S/c1-17(2)28-21-8-7-18(23(29)27-9-5-6-20(16-27)25(3)4)14-19(21)15-22(28)24(30)26-10-12-33(31,32)13-11-26/h7-8,14-15,17,20,31-32H,5-6,9-13,16H2,1-4H3. The molecule has 2 aromatic rings. The van der Waals surface area contributed by atoms with Crippen molar-refractivity contribution in [3.05, 3.63) is 35.5 Å². The Morgan fingerprint density at radius 3 is 2.36 bits per heavy atom. The monoisotopic (exact) mass is 476 g/mol. The van der Waals surface area contributed by atoms with Gasteiger partial charge in [-0.2, -0.15) is 10.6 Å². The molecule has 182 valence electrons. The zero-order valence-corrected chi connectivity index (χ0v) is 20.8. The van der Waals surface area contributed by atoms with Gasteiger partial charge in [-0.15, -0.1) is 0 Å². The van der Waals surface area contributed by atoms with Gasteiger partial charge in [0.1, 0.15) is 5.69 Å². The van der Waals surface area contributed by atoms with Crippen molar-refractivity contribution in [3.63, 3.8) is 0 Å². The van der Waals surface area contributed by atoms with Gasteiger partial charge in [-0.3, -0.25) is 18.7 Å². The van der Waals surface area contributed by atoms with Gasteiger partial charge in [-0.05, 0) is 65.0 Å². The number of hydrogen-bond acceptors (Lipinski definition) is 5. The van der Waals surface area contributed by atoms with Crippen LogP contribution in [-0.2, 0) is 0 Å². The lowest BCUT2D eigenvalue weighted by Gasteiger charge is -2.41. The molecule has 2 aliphatic rings. The van der Waals surface area contributed by atoms with Gasteiger partial charge >= 0.3 is 0 Å². The maximum atomic E-state index is 13.3. The summed E-state index contributed by atoms with van der Waals surface area (Å²) in [7, 11) is 1.55. The summed E-state index contributed by atoms with van der Waals surface area (Å²) < 4.78 is 21.8. The normalized spacial score (nSPS) is 22.2. The maximum absolute atomic E-state index is 13.3. The average Bonchev–Trinajstić information content (AvgIpc) is 3.17. The first-order valence-electron chi connectivity index (χ1n) is 11.7. The number of piperidine rings is 1. The summed E-state index contributed by atoms with van der Waals surface area (Å²) in [4.78, 5) is 32.4. The number of likely N-dealkylation sites (N-methyl/N-ethyl adjacent to an activating group) is 1. The van der Waals surface area contributed by atoms with Crippen LogP contribution in [0.3, 0.4) is 0 Å². The number of amides is 2. The summed E-state index contributed by atoms with van der Waals surface area (Å²) in [5, 5.41) is 0.875. The summed E-state index contributed by atoms with van der Waals surface area (Å²) in [5.41, 5.74) is 2.15. The second-order valence-corrected chi connectivity index (χ2v) is 12.2. The van der Waals surface area contributed by atoms with Crippen LogP contribution in [0.15, 0.2) is 24.3 Å². The fourth-order valence-electron chi connectivity index (χ4n) is 4.93. The van der Waals surface area contributed by atoms with Crippen molar-refractivity contribution in [2.24, 2.45) is 0 Å². The summed E-state index contributed by atoms with van der Waals surface area (Å²) in [5.74, 6) is 0.383. The Kier molecular flexibility index (Phi) is 6.77. The molecule has 0 spiro atoms. The molecule has 0 aliphatic carbocycles. The summed E-state index contributed by atoms with van der Waals surface area (Å²) in [6.07, 6.45) is 2.10. The lowest BCUT2D eigenvalue weighted by atomic mass is 10.0. The quantitative estimate of drug-likeness (QED) is 0.704. The van der Waals surface area contributed by atoms with Crippen molar-refractivity contribution in [2.45, 2.75) is 38.8 Å². The summed E-state index contributed by atoms with van der Waals surface area (Å²) >= 11 is 0. The van der Waals surface area contributed by atoms with Crippen molar-refractivity contribution in [1.29, 1.82) is 0 Å². The number of aromatic nitrogens is 1. The molecule has 4 rings (SSSR count). The van der Waals surface area contributed by atoms with Gasteiger partial charge in [0.05, 0.1) is 11.5 Å². The third-order valence-electron chi connectivity index (χ3n) is 6.90. The molecule has 2 amide bonds. The van der Waals surface area contributed by atoms with Gasteiger partial charge in [0.15, 0.2) is 0 Å². The van der Waals surface area contributed by atoms with E-state index >= 15 is 0 Å². The SMILES string of the molecule is CC(C)n1c(C(=O)N2CCS(O)(O)CC2)cc2cc(C(=O)N3CCCC(N(C)C)C3)ccc21. The molecule has 2 fully saturated rings. The molecule has 9 heteroatoms. The Bertz CT molecular complexity index is 1040. The van der Waals surface area contributed by atoms with Gasteiger partial charge in [-0.25, -0.2) is 0 Å². The highest BCUT2D eigenvalue weighted by atomic mass is 32.3. The second-order valence-electron chi connectivity index (χ2n) is 9.78. The number of carbonyl (C=O) groups is 2. The summed E-state index contributed by atoms with van der Waals surface area (Å²) in [6, 6.07) is 8.03. The summed E-state index contributed by atoms with van der Waals surface area (Å²) in [6.45, 7) is 6.26. The molecule has 1 aromatic heterocycles. The van der Waals surface area contributed by atoms with E-state index in [1.54, 1.807) is 4.90 Å². The highest BCUT2D eigenvalue weighted by molar-refractivity contribution is 8.24. The van der Waals surface area contributed by atoms with E-state index in [4.69, 9.17) is 0 Å². The Morgan fingerprint density at radius 2 is 1.73 bits per heavy atom. The van der Waals surface area contributed by atoms with E-state index < -0.39 is 10.6 Å². The fraction of sp³-hybridized carbons (Fsp3) is 0.583. The minimum absolute atomic E-state index is 0.0369. The minimum Gasteiger partial charge on any atom is -0.337 e. The number of fused-ring (bicyclic) bond motifs is 1. The van der Waals surface area contributed by atoms with Gasteiger partial charge in [-0.1, -0.05) is 0 Å². The van der Waals surface area contributed by atoms with E-state index in [9.17, 15) is 18.7 Å². The molecule has 33 heavy (non-hydrogen) atoms. The Balaban J connectivity index is 1.62. The number of hydrogen-bond donors (Lipinski definition) is 2. The zero-order valence-electron chi connectivity index (χ0n) is 20.0. The Hall–Kier alpha value is -2.07. The predicted molar refractivity (Wildman–Crippen MR) is 133 cm³/mol. The van der Waals surface area contributed by atoms with Crippen LogP contribution in [0.25, 0.3) is 10.9 Å². The van der Waals surface area contributed by atoms with E-state index in [-0.39, 0.29) is 29.4 Å².